The van der Waals surface area contributed by atoms with E-state index in [9.17, 15) is 20.2 Å². The van der Waals surface area contributed by atoms with Gasteiger partial charge in [0.15, 0.2) is 0 Å². The molecule has 3 aromatic carbocycles. The number of nitriles is 1. The van der Waals surface area contributed by atoms with Crippen LogP contribution in [0.25, 0.3) is 16.8 Å². The summed E-state index contributed by atoms with van der Waals surface area (Å²) in [5, 5.41) is 24.9. The van der Waals surface area contributed by atoms with Crippen LogP contribution in [0.3, 0.4) is 0 Å². The number of nitro benzene ring substituents is 1. The van der Waals surface area contributed by atoms with E-state index >= 15 is 0 Å². The van der Waals surface area contributed by atoms with Gasteiger partial charge in [0.05, 0.1) is 10.5 Å². The molecule has 0 saturated heterocycles. The van der Waals surface area contributed by atoms with Gasteiger partial charge in [-0.1, -0.05) is 54.6 Å². The molecule has 0 bridgehead atoms. The van der Waals surface area contributed by atoms with Crippen LogP contribution in [0.15, 0.2) is 84.5 Å². The fourth-order valence-electron chi connectivity index (χ4n) is 2.73. The van der Waals surface area contributed by atoms with Crippen LogP contribution in [0.2, 0.25) is 0 Å². The normalized spacial score (nSPS) is 11.3. The Morgan fingerprint density at radius 1 is 1.04 bits per heavy atom. The maximum Gasteiger partial charge on any atom is 0.276 e. The number of hydrogen-bond acceptors (Lipinski definition) is 4. The molecule has 0 saturated carbocycles. The number of fused-ring (bicyclic) bond motifs is 1. The summed E-state index contributed by atoms with van der Waals surface area (Å²) >= 11 is 0. The second-order valence-corrected chi connectivity index (χ2v) is 5.85. The number of rotatable bonds is 5. The average Bonchev–Trinajstić information content (AvgIpc) is 2.71. The average molecular weight is 369 g/mol. The number of anilines is 1. The zero-order valence-electron chi connectivity index (χ0n) is 14.7. The van der Waals surface area contributed by atoms with E-state index in [4.69, 9.17) is 0 Å². The van der Waals surface area contributed by atoms with Crippen LogP contribution in [0.5, 0.6) is 0 Å². The van der Waals surface area contributed by atoms with Crippen molar-refractivity contribution in [3.63, 3.8) is 0 Å². The van der Waals surface area contributed by atoms with Crippen molar-refractivity contribution in [3.8, 4) is 6.07 Å². The third-order valence-electron chi connectivity index (χ3n) is 4.08. The highest BCUT2D eigenvalue weighted by Gasteiger charge is 2.11. The van der Waals surface area contributed by atoms with E-state index in [-0.39, 0.29) is 11.3 Å². The monoisotopic (exact) mass is 369 g/mol. The molecule has 0 atom stereocenters. The summed E-state index contributed by atoms with van der Waals surface area (Å²) in [7, 11) is 0. The van der Waals surface area contributed by atoms with Crippen molar-refractivity contribution >= 4 is 34.1 Å². The van der Waals surface area contributed by atoms with Gasteiger partial charge in [0.1, 0.15) is 11.6 Å². The molecule has 1 amide bonds. The summed E-state index contributed by atoms with van der Waals surface area (Å²) in [6, 6.07) is 21.2. The molecule has 3 rings (SSSR count). The summed E-state index contributed by atoms with van der Waals surface area (Å²) in [6.45, 7) is 0. The van der Waals surface area contributed by atoms with Gasteiger partial charge in [0.2, 0.25) is 0 Å². The number of nitrogens with one attached hydrogen (secondary N) is 1. The van der Waals surface area contributed by atoms with E-state index in [0.29, 0.717) is 11.3 Å². The fourth-order valence-corrected chi connectivity index (χ4v) is 2.73. The maximum absolute atomic E-state index is 12.5. The number of para-hydroxylation sites is 1. The van der Waals surface area contributed by atoms with Gasteiger partial charge in [0.25, 0.3) is 11.6 Å². The van der Waals surface area contributed by atoms with Crippen molar-refractivity contribution in [3.05, 3.63) is 100 Å². The van der Waals surface area contributed by atoms with Gasteiger partial charge in [-0.2, -0.15) is 5.26 Å². The Labute approximate surface area is 161 Å². The molecule has 0 fully saturated rings. The molecule has 0 radical (unpaired) electrons. The van der Waals surface area contributed by atoms with Crippen molar-refractivity contribution in [2.24, 2.45) is 0 Å². The minimum Gasteiger partial charge on any atom is -0.321 e. The molecular weight excluding hydrogens is 354 g/mol. The number of benzene rings is 3. The molecule has 3 aromatic rings. The number of hydrogen-bond donors (Lipinski definition) is 1. The third kappa shape index (κ3) is 4.11. The SMILES string of the molecule is N#CC(=C/C=C/c1ccccc1[N+](=O)[O-])C(=O)Nc1cccc2ccccc12. The van der Waals surface area contributed by atoms with Crippen LogP contribution in [-0.2, 0) is 4.79 Å². The first-order valence-electron chi connectivity index (χ1n) is 8.41. The molecule has 28 heavy (non-hydrogen) atoms. The topological polar surface area (TPSA) is 96.0 Å². The second kappa shape index (κ2) is 8.43. The smallest absolute Gasteiger partial charge is 0.276 e. The first kappa shape index (κ1) is 18.5. The van der Waals surface area contributed by atoms with Gasteiger partial charge >= 0.3 is 0 Å². The molecule has 136 valence electrons. The second-order valence-electron chi connectivity index (χ2n) is 5.85. The molecule has 0 aliphatic rings. The lowest BCUT2D eigenvalue weighted by Gasteiger charge is -2.07. The van der Waals surface area contributed by atoms with Crippen LogP contribution in [0, 0.1) is 21.4 Å². The Morgan fingerprint density at radius 2 is 1.75 bits per heavy atom. The van der Waals surface area contributed by atoms with E-state index in [2.05, 4.69) is 5.32 Å². The standard InChI is InChI=1S/C22H15N3O3/c23-15-18(11-5-10-17-8-2-4-14-21(17)25(27)28)22(26)24-20-13-6-9-16-7-1-3-12-19(16)20/h1-14H,(H,24,26)/b10-5+,18-11?. The third-order valence-corrected chi connectivity index (χ3v) is 4.08. The highest BCUT2D eigenvalue weighted by Crippen LogP contribution is 2.23. The summed E-state index contributed by atoms with van der Waals surface area (Å²) < 4.78 is 0. The number of nitrogens with zero attached hydrogens (tertiary/aromatic N) is 2. The predicted octanol–water partition coefficient (Wildman–Crippen LogP) is 4.85. The number of allylic oxidation sites excluding steroid dienone is 2. The van der Waals surface area contributed by atoms with E-state index in [1.807, 2.05) is 42.5 Å². The van der Waals surface area contributed by atoms with Crippen molar-refractivity contribution in [2.45, 2.75) is 0 Å². The van der Waals surface area contributed by atoms with Crippen LogP contribution in [0.1, 0.15) is 5.56 Å². The first-order chi connectivity index (χ1) is 13.6. The Bertz CT molecular complexity index is 1150. The zero-order chi connectivity index (χ0) is 19.9. The van der Waals surface area contributed by atoms with E-state index in [1.165, 1.54) is 24.3 Å². The minimum atomic E-state index is -0.550. The summed E-state index contributed by atoms with van der Waals surface area (Å²) in [4.78, 5) is 23.0. The van der Waals surface area contributed by atoms with Crippen LogP contribution in [-0.4, -0.2) is 10.8 Å². The largest absolute Gasteiger partial charge is 0.321 e. The quantitative estimate of drug-likeness (QED) is 0.229. The lowest BCUT2D eigenvalue weighted by atomic mass is 10.1. The predicted molar refractivity (Wildman–Crippen MR) is 108 cm³/mol. The van der Waals surface area contributed by atoms with Gasteiger partial charge in [-0.15, -0.1) is 0 Å². The molecule has 0 aliphatic carbocycles. The Hall–Kier alpha value is -4.24. The number of nitro groups is 1. The molecular formula is C22H15N3O3. The molecule has 0 aromatic heterocycles. The Balaban J connectivity index is 1.82. The van der Waals surface area contributed by atoms with Crippen LogP contribution in [0.4, 0.5) is 11.4 Å². The van der Waals surface area contributed by atoms with Crippen molar-refractivity contribution in [2.75, 3.05) is 5.32 Å². The van der Waals surface area contributed by atoms with Gasteiger partial charge in [-0.05, 0) is 29.7 Å². The van der Waals surface area contributed by atoms with Gasteiger partial charge < -0.3 is 5.32 Å². The highest BCUT2D eigenvalue weighted by atomic mass is 16.6. The number of carbonyl (C=O) groups excluding carboxylic acids is 1. The first-order valence-corrected chi connectivity index (χ1v) is 8.41. The minimum absolute atomic E-state index is 0.0501. The van der Waals surface area contributed by atoms with Crippen molar-refractivity contribution < 1.29 is 9.72 Å². The maximum atomic E-state index is 12.5. The number of carbonyl (C=O) groups is 1. The zero-order valence-corrected chi connectivity index (χ0v) is 14.7. The number of amides is 1. The molecule has 6 heteroatoms. The van der Waals surface area contributed by atoms with Crippen LogP contribution < -0.4 is 5.32 Å². The molecule has 0 unspecified atom stereocenters. The summed E-state index contributed by atoms with van der Waals surface area (Å²) in [5.74, 6) is -0.550. The van der Waals surface area contributed by atoms with Gasteiger partial charge in [0, 0.05) is 17.1 Å². The van der Waals surface area contributed by atoms with Gasteiger partial charge in [-0.3, -0.25) is 14.9 Å². The van der Waals surface area contributed by atoms with E-state index in [0.717, 1.165) is 10.8 Å². The lowest BCUT2D eigenvalue weighted by Crippen LogP contribution is -2.13. The van der Waals surface area contributed by atoms with Crippen molar-refractivity contribution in [1.82, 2.24) is 0 Å². The van der Waals surface area contributed by atoms with Gasteiger partial charge in [-0.25, -0.2) is 0 Å². The highest BCUT2D eigenvalue weighted by molar-refractivity contribution is 6.10. The molecule has 0 heterocycles. The Morgan fingerprint density at radius 3 is 2.54 bits per heavy atom. The van der Waals surface area contributed by atoms with Crippen molar-refractivity contribution in [1.29, 1.82) is 5.26 Å². The van der Waals surface area contributed by atoms with Crippen LogP contribution >= 0.6 is 0 Å². The fraction of sp³-hybridized carbons (Fsp3) is 0. The summed E-state index contributed by atoms with van der Waals surface area (Å²) in [6.07, 6.45) is 4.27. The molecule has 6 nitrogen and oxygen atoms in total. The molecule has 0 aliphatic heterocycles. The molecule has 1 N–H and O–H groups in total. The molecule has 0 spiro atoms. The van der Waals surface area contributed by atoms with E-state index < -0.39 is 10.8 Å². The Kier molecular flexibility index (Phi) is 5.58. The summed E-state index contributed by atoms with van der Waals surface area (Å²) in [5.41, 5.74) is 0.830. The van der Waals surface area contributed by atoms with E-state index in [1.54, 1.807) is 24.3 Å². The lowest BCUT2D eigenvalue weighted by molar-refractivity contribution is -0.385.